The molecule has 0 heteroatoms. The first kappa shape index (κ1) is 23.3. The molecule has 0 amide bonds. The zero-order chi connectivity index (χ0) is 16.2. The van der Waals surface area contributed by atoms with Crippen molar-refractivity contribution < 1.29 is 0 Å². The zero-order valence-electron chi connectivity index (χ0n) is 14.2. The Morgan fingerprint density at radius 3 is 1.15 bits per heavy atom. The molecule has 1 aromatic carbocycles. The highest BCUT2D eigenvalue weighted by Crippen LogP contribution is 2.02. The standard InChI is InChI=1S/C8H10.2C5H8.C2H6/c1-7-5-3-4-6-8(7)2;2*1-3-5-4-2;1-2/h3-6H,1-2H3;2*3-5H,1H2,2H3;1-2H3/b;2*5-4-;. The van der Waals surface area contributed by atoms with Crippen LogP contribution in [0.2, 0.25) is 0 Å². The van der Waals surface area contributed by atoms with E-state index in [2.05, 4.69) is 51.3 Å². The van der Waals surface area contributed by atoms with Crippen molar-refractivity contribution in [3.05, 3.63) is 85.0 Å². The first-order chi connectivity index (χ1) is 9.63. The Morgan fingerprint density at radius 1 is 0.750 bits per heavy atom. The zero-order valence-corrected chi connectivity index (χ0v) is 14.2. The van der Waals surface area contributed by atoms with Gasteiger partial charge in [-0.15, -0.1) is 0 Å². The van der Waals surface area contributed by atoms with Crippen LogP contribution in [0.25, 0.3) is 0 Å². The molecule has 0 saturated carbocycles. The van der Waals surface area contributed by atoms with Crippen LogP contribution in [0.1, 0.15) is 38.8 Å². The maximum absolute atomic E-state index is 3.46. The van der Waals surface area contributed by atoms with E-state index in [1.165, 1.54) is 11.1 Å². The molecule has 0 saturated heterocycles. The van der Waals surface area contributed by atoms with Crippen molar-refractivity contribution in [2.24, 2.45) is 0 Å². The molecule has 0 spiro atoms. The molecule has 0 atom stereocenters. The summed E-state index contributed by atoms with van der Waals surface area (Å²) in [5.41, 5.74) is 2.74. The van der Waals surface area contributed by atoms with Crippen molar-refractivity contribution in [1.29, 1.82) is 0 Å². The van der Waals surface area contributed by atoms with Gasteiger partial charge in [-0.1, -0.05) is 87.7 Å². The van der Waals surface area contributed by atoms with Crippen LogP contribution in [0.4, 0.5) is 0 Å². The summed E-state index contributed by atoms with van der Waals surface area (Å²) in [5.74, 6) is 0. The summed E-state index contributed by atoms with van der Waals surface area (Å²) in [4.78, 5) is 0. The summed E-state index contributed by atoms with van der Waals surface area (Å²) in [6, 6.07) is 8.36. The molecule has 0 heterocycles. The normalized spacial score (nSPS) is 8.50. The van der Waals surface area contributed by atoms with E-state index in [0.717, 1.165) is 0 Å². The molecule has 112 valence electrons. The molecule has 0 aromatic heterocycles. The first-order valence-corrected chi connectivity index (χ1v) is 7.13. The van der Waals surface area contributed by atoms with Crippen molar-refractivity contribution in [2.45, 2.75) is 41.5 Å². The van der Waals surface area contributed by atoms with Crippen LogP contribution in [0.3, 0.4) is 0 Å². The smallest absolute Gasteiger partial charge is 0.0395 e. The highest BCUT2D eigenvalue weighted by atomic mass is 13.9. The first-order valence-electron chi connectivity index (χ1n) is 7.13. The Balaban J connectivity index is -0.000000213. The minimum Gasteiger partial charge on any atom is -0.0991 e. The highest BCUT2D eigenvalue weighted by molar-refractivity contribution is 5.23. The lowest BCUT2D eigenvalue weighted by atomic mass is 10.1. The van der Waals surface area contributed by atoms with Gasteiger partial charge < -0.3 is 0 Å². The minimum atomic E-state index is 1.37. The SMILES string of the molecule is C=C/C=C\C.C=C/C=C\C.CC.Cc1ccccc1C. The molecule has 0 aliphatic carbocycles. The number of aryl methyl sites for hydroxylation is 2. The van der Waals surface area contributed by atoms with Crippen LogP contribution in [-0.4, -0.2) is 0 Å². The second-order valence-electron chi connectivity index (χ2n) is 3.61. The van der Waals surface area contributed by atoms with Crippen molar-refractivity contribution >= 4 is 0 Å². The fourth-order valence-electron chi connectivity index (χ4n) is 0.935. The lowest BCUT2D eigenvalue weighted by Gasteiger charge is -1.93. The molecule has 0 unspecified atom stereocenters. The van der Waals surface area contributed by atoms with Crippen molar-refractivity contribution in [3.8, 4) is 0 Å². The second-order valence-corrected chi connectivity index (χ2v) is 3.61. The Hall–Kier alpha value is -1.82. The van der Waals surface area contributed by atoms with Gasteiger partial charge in [-0.2, -0.15) is 0 Å². The highest BCUT2D eigenvalue weighted by Gasteiger charge is 1.83. The Morgan fingerprint density at radius 2 is 1.05 bits per heavy atom. The predicted octanol–water partition coefficient (Wildman–Crippen LogP) is 6.83. The van der Waals surface area contributed by atoms with Gasteiger partial charge in [0.2, 0.25) is 0 Å². The Labute approximate surface area is 127 Å². The molecule has 0 bridgehead atoms. The molecule has 0 radical (unpaired) electrons. The maximum atomic E-state index is 3.46. The molecule has 0 aliphatic rings. The van der Waals surface area contributed by atoms with E-state index in [0.29, 0.717) is 0 Å². The average molecular weight is 272 g/mol. The summed E-state index contributed by atoms with van der Waals surface area (Å²) in [6.45, 7) is 19.1. The van der Waals surface area contributed by atoms with E-state index >= 15 is 0 Å². The van der Waals surface area contributed by atoms with Crippen LogP contribution >= 0.6 is 0 Å². The van der Waals surface area contributed by atoms with Gasteiger partial charge in [-0.05, 0) is 38.8 Å². The van der Waals surface area contributed by atoms with E-state index < -0.39 is 0 Å². The van der Waals surface area contributed by atoms with E-state index in [1.54, 1.807) is 12.2 Å². The van der Waals surface area contributed by atoms with Gasteiger partial charge in [-0.25, -0.2) is 0 Å². The van der Waals surface area contributed by atoms with Crippen molar-refractivity contribution in [1.82, 2.24) is 0 Å². The van der Waals surface area contributed by atoms with Gasteiger partial charge in [0.25, 0.3) is 0 Å². The molecule has 0 aliphatic heterocycles. The summed E-state index contributed by atoms with van der Waals surface area (Å²) in [6.07, 6.45) is 11.2. The summed E-state index contributed by atoms with van der Waals surface area (Å²) in [7, 11) is 0. The molecule has 0 fully saturated rings. The Kier molecular flexibility index (Phi) is 26.0. The molecule has 1 rings (SSSR count). The van der Waals surface area contributed by atoms with Crippen molar-refractivity contribution in [3.63, 3.8) is 0 Å². The Bertz CT molecular complexity index is 330. The number of hydrogen-bond donors (Lipinski definition) is 0. The van der Waals surface area contributed by atoms with Crippen LogP contribution in [0, 0.1) is 13.8 Å². The lowest BCUT2D eigenvalue weighted by molar-refractivity contribution is 1.34. The number of benzene rings is 1. The van der Waals surface area contributed by atoms with Crippen LogP contribution in [0.5, 0.6) is 0 Å². The minimum absolute atomic E-state index is 1.37. The summed E-state index contributed by atoms with van der Waals surface area (Å²) < 4.78 is 0. The summed E-state index contributed by atoms with van der Waals surface area (Å²) >= 11 is 0. The molecule has 0 nitrogen and oxygen atoms in total. The number of hydrogen-bond acceptors (Lipinski definition) is 0. The molecule has 20 heavy (non-hydrogen) atoms. The molecular formula is C20H32. The maximum Gasteiger partial charge on any atom is -0.0395 e. The van der Waals surface area contributed by atoms with Crippen molar-refractivity contribution in [2.75, 3.05) is 0 Å². The van der Waals surface area contributed by atoms with Gasteiger partial charge in [0.1, 0.15) is 0 Å². The third-order valence-corrected chi connectivity index (χ3v) is 2.08. The fourth-order valence-corrected chi connectivity index (χ4v) is 0.935. The third kappa shape index (κ3) is 21.5. The van der Waals surface area contributed by atoms with Gasteiger partial charge >= 0.3 is 0 Å². The largest absolute Gasteiger partial charge is 0.0991 e. The average Bonchev–Trinajstić information content (AvgIpc) is 2.47. The second kappa shape index (κ2) is 22.4. The fraction of sp³-hybridized carbons (Fsp3) is 0.300. The van der Waals surface area contributed by atoms with Crippen LogP contribution in [-0.2, 0) is 0 Å². The van der Waals surface area contributed by atoms with E-state index in [9.17, 15) is 0 Å². The monoisotopic (exact) mass is 272 g/mol. The van der Waals surface area contributed by atoms with E-state index in [4.69, 9.17) is 0 Å². The van der Waals surface area contributed by atoms with Gasteiger partial charge in [-0.3, -0.25) is 0 Å². The third-order valence-electron chi connectivity index (χ3n) is 2.08. The predicted molar refractivity (Wildman–Crippen MR) is 97.3 cm³/mol. The van der Waals surface area contributed by atoms with Gasteiger partial charge in [0.15, 0.2) is 0 Å². The topological polar surface area (TPSA) is 0 Å². The number of rotatable bonds is 2. The lowest BCUT2D eigenvalue weighted by Crippen LogP contribution is -1.74. The summed E-state index contributed by atoms with van der Waals surface area (Å²) in [5, 5.41) is 0. The van der Waals surface area contributed by atoms with E-state index in [1.807, 2.05) is 52.0 Å². The van der Waals surface area contributed by atoms with Gasteiger partial charge in [0, 0.05) is 0 Å². The molecular weight excluding hydrogens is 240 g/mol. The van der Waals surface area contributed by atoms with Crippen LogP contribution < -0.4 is 0 Å². The van der Waals surface area contributed by atoms with Crippen LogP contribution in [0.15, 0.2) is 73.9 Å². The molecule has 0 N–H and O–H groups in total. The van der Waals surface area contributed by atoms with E-state index in [-0.39, 0.29) is 0 Å². The van der Waals surface area contributed by atoms with Gasteiger partial charge in [0.05, 0.1) is 0 Å². The molecule has 1 aromatic rings. The quantitative estimate of drug-likeness (QED) is 0.518. The number of allylic oxidation sites excluding steroid dienone is 6.